The highest BCUT2D eigenvalue weighted by Crippen LogP contribution is 2.33. The Morgan fingerprint density at radius 2 is 1.87 bits per heavy atom. The highest BCUT2D eigenvalue weighted by atomic mass is 32.2. The Hall–Kier alpha value is -2.38. The fourth-order valence-corrected chi connectivity index (χ4v) is 4.88. The number of fused-ring (bicyclic) bond motifs is 1. The summed E-state index contributed by atoms with van der Waals surface area (Å²) in [5.41, 5.74) is 3.09. The lowest BCUT2D eigenvalue weighted by Crippen LogP contribution is -2.49. The molecule has 1 N–H and O–H groups in total. The molecule has 0 bridgehead atoms. The number of likely N-dealkylation sites (tertiary alicyclic amines) is 1. The minimum Gasteiger partial charge on any atom is -0.488 e. The van der Waals surface area contributed by atoms with Crippen LogP contribution in [0.4, 0.5) is 0 Å². The average Bonchev–Trinajstić information content (AvgIpc) is 3.14. The maximum absolute atomic E-state index is 12.5. The molecular formula is C23H28N2O4S. The zero-order valence-corrected chi connectivity index (χ0v) is 18.2. The zero-order chi connectivity index (χ0) is 21.3. The van der Waals surface area contributed by atoms with Gasteiger partial charge < -0.3 is 10.1 Å². The Balaban J connectivity index is 1.38. The molecule has 0 aromatic heterocycles. The van der Waals surface area contributed by atoms with Gasteiger partial charge in [-0.05, 0) is 67.4 Å². The molecule has 1 saturated heterocycles. The number of amides is 1. The van der Waals surface area contributed by atoms with Crippen LogP contribution in [0.3, 0.4) is 0 Å². The lowest BCUT2D eigenvalue weighted by molar-refractivity contribution is -0.127. The molecule has 7 heteroatoms. The van der Waals surface area contributed by atoms with Crippen LogP contribution in [0.2, 0.25) is 0 Å². The zero-order valence-electron chi connectivity index (χ0n) is 17.4. The summed E-state index contributed by atoms with van der Waals surface area (Å²) in [5, 5.41) is 3.06. The van der Waals surface area contributed by atoms with Crippen LogP contribution in [-0.2, 0) is 21.1 Å². The molecule has 160 valence electrons. The molecule has 1 amide bonds. The van der Waals surface area contributed by atoms with Crippen molar-refractivity contribution in [3.63, 3.8) is 0 Å². The molecule has 6 nitrogen and oxygen atoms in total. The number of nitrogens with zero attached hydrogens (tertiary/aromatic N) is 1. The maximum Gasteiger partial charge on any atom is 0.237 e. The van der Waals surface area contributed by atoms with Crippen LogP contribution < -0.4 is 10.1 Å². The van der Waals surface area contributed by atoms with Crippen LogP contribution in [-0.4, -0.2) is 57.8 Å². The van der Waals surface area contributed by atoms with Crippen LogP contribution in [0.1, 0.15) is 24.8 Å². The summed E-state index contributed by atoms with van der Waals surface area (Å²) in [7, 11) is -1.19. The fourth-order valence-electron chi connectivity index (χ4n) is 4.25. The van der Waals surface area contributed by atoms with E-state index in [0.717, 1.165) is 54.7 Å². The van der Waals surface area contributed by atoms with Gasteiger partial charge in [0.05, 0.1) is 17.5 Å². The second kappa shape index (κ2) is 8.40. The molecule has 30 heavy (non-hydrogen) atoms. The number of likely N-dealkylation sites (N-methyl/N-ethyl adjacent to an activating group) is 1. The van der Waals surface area contributed by atoms with Crippen molar-refractivity contribution < 1.29 is 17.9 Å². The molecule has 0 saturated carbocycles. The molecule has 0 aliphatic carbocycles. The summed E-state index contributed by atoms with van der Waals surface area (Å²) in [4.78, 5) is 15.0. The van der Waals surface area contributed by atoms with Crippen LogP contribution in [0.15, 0.2) is 47.4 Å². The number of piperidine rings is 1. The van der Waals surface area contributed by atoms with E-state index >= 15 is 0 Å². The fraction of sp³-hybridized carbons (Fsp3) is 0.435. The molecule has 4 rings (SSSR count). The number of ether oxygens (including phenoxy) is 1. The number of carbonyl (C=O) groups excluding carboxylic acids is 1. The van der Waals surface area contributed by atoms with Gasteiger partial charge in [0, 0.05) is 12.7 Å². The Kier molecular flexibility index (Phi) is 5.84. The van der Waals surface area contributed by atoms with Gasteiger partial charge in [-0.15, -0.1) is 0 Å². The van der Waals surface area contributed by atoms with E-state index in [9.17, 15) is 13.2 Å². The third-order valence-electron chi connectivity index (χ3n) is 5.99. The van der Waals surface area contributed by atoms with Gasteiger partial charge in [0.1, 0.15) is 11.9 Å². The predicted molar refractivity (Wildman–Crippen MR) is 116 cm³/mol. The number of nitrogens with one attached hydrogen (secondary N) is 1. The van der Waals surface area contributed by atoms with Crippen LogP contribution >= 0.6 is 0 Å². The van der Waals surface area contributed by atoms with Gasteiger partial charge in [0.2, 0.25) is 5.91 Å². The van der Waals surface area contributed by atoms with E-state index in [1.54, 1.807) is 12.1 Å². The van der Waals surface area contributed by atoms with Crippen molar-refractivity contribution in [1.29, 1.82) is 0 Å². The van der Waals surface area contributed by atoms with Gasteiger partial charge in [-0.3, -0.25) is 9.69 Å². The number of hydrogen-bond donors (Lipinski definition) is 1. The largest absolute Gasteiger partial charge is 0.488 e. The van der Waals surface area contributed by atoms with Gasteiger partial charge in [-0.2, -0.15) is 0 Å². The second-order valence-electron chi connectivity index (χ2n) is 8.30. The summed E-state index contributed by atoms with van der Waals surface area (Å²) in [6.07, 6.45) is 5.05. The average molecular weight is 429 g/mol. The number of benzene rings is 2. The van der Waals surface area contributed by atoms with Crippen LogP contribution in [0.25, 0.3) is 11.1 Å². The van der Waals surface area contributed by atoms with E-state index < -0.39 is 9.84 Å². The summed E-state index contributed by atoms with van der Waals surface area (Å²) < 4.78 is 29.3. The predicted octanol–water partition coefficient (Wildman–Crippen LogP) is 2.66. The van der Waals surface area contributed by atoms with Crippen molar-refractivity contribution >= 4 is 15.7 Å². The molecule has 2 aliphatic heterocycles. The first-order chi connectivity index (χ1) is 14.3. The SMILES string of the molecule is CN1CCCCC1C(=O)NCC1Cc2cc(-c3ccc(S(C)(=O)=O)cc3)ccc2O1. The summed E-state index contributed by atoms with van der Waals surface area (Å²) in [5.74, 6) is 0.934. The molecule has 2 aliphatic rings. The lowest BCUT2D eigenvalue weighted by Gasteiger charge is -2.31. The van der Waals surface area contributed by atoms with Crippen molar-refractivity contribution in [3.8, 4) is 16.9 Å². The summed E-state index contributed by atoms with van der Waals surface area (Å²) in [6.45, 7) is 1.47. The first kappa shape index (κ1) is 20.9. The van der Waals surface area contributed by atoms with E-state index in [4.69, 9.17) is 4.74 Å². The Morgan fingerprint density at radius 1 is 1.13 bits per heavy atom. The van der Waals surface area contributed by atoms with Crippen molar-refractivity contribution in [1.82, 2.24) is 10.2 Å². The second-order valence-corrected chi connectivity index (χ2v) is 10.3. The van der Waals surface area contributed by atoms with E-state index in [1.807, 2.05) is 31.3 Å². The quantitative estimate of drug-likeness (QED) is 0.792. The van der Waals surface area contributed by atoms with Crippen LogP contribution in [0.5, 0.6) is 5.75 Å². The third kappa shape index (κ3) is 4.52. The van der Waals surface area contributed by atoms with E-state index in [1.165, 1.54) is 6.26 Å². The molecule has 1 fully saturated rings. The lowest BCUT2D eigenvalue weighted by atomic mass is 10.0. The normalized spacial score (nSPS) is 21.7. The minimum absolute atomic E-state index is 0.0379. The van der Waals surface area contributed by atoms with Gasteiger partial charge in [0.15, 0.2) is 9.84 Å². The Bertz CT molecular complexity index is 1030. The Morgan fingerprint density at radius 3 is 2.57 bits per heavy atom. The number of hydrogen-bond acceptors (Lipinski definition) is 5. The topological polar surface area (TPSA) is 75.7 Å². The van der Waals surface area contributed by atoms with Crippen molar-refractivity contribution in [2.45, 2.75) is 42.7 Å². The van der Waals surface area contributed by atoms with Crippen LogP contribution in [0, 0.1) is 0 Å². The maximum atomic E-state index is 12.5. The molecule has 2 aromatic rings. The van der Waals surface area contributed by atoms with Gasteiger partial charge in [0.25, 0.3) is 0 Å². The molecule has 0 radical (unpaired) electrons. The standard InChI is InChI=1S/C23H28N2O4S/c1-25-12-4-3-5-21(25)23(26)24-15-19-14-18-13-17(8-11-22(18)29-19)16-6-9-20(10-7-16)30(2,27)28/h6-11,13,19,21H,3-5,12,14-15H2,1-2H3,(H,24,26). The Labute approximate surface area is 178 Å². The van der Waals surface area contributed by atoms with Crippen molar-refractivity contribution in [3.05, 3.63) is 48.0 Å². The van der Waals surface area contributed by atoms with Crippen molar-refractivity contribution in [2.75, 3.05) is 26.4 Å². The molecule has 2 heterocycles. The molecule has 2 unspecified atom stereocenters. The minimum atomic E-state index is -3.20. The monoisotopic (exact) mass is 428 g/mol. The molecular weight excluding hydrogens is 400 g/mol. The highest BCUT2D eigenvalue weighted by molar-refractivity contribution is 7.90. The number of sulfone groups is 1. The third-order valence-corrected chi connectivity index (χ3v) is 7.12. The van der Waals surface area contributed by atoms with Gasteiger partial charge in [-0.25, -0.2) is 8.42 Å². The molecule has 2 atom stereocenters. The van der Waals surface area contributed by atoms with E-state index in [-0.39, 0.29) is 18.1 Å². The number of rotatable bonds is 5. The van der Waals surface area contributed by atoms with Crippen molar-refractivity contribution in [2.24, 2.45) is 0 Å². The highest BCUT2D eigenvalue weighted by Gasteiger charge is 2.28. The van der Waals surface area contributed by atoms with E-state index in [2.05, 4.69) is 16.3 Å². The molecule has 0 spiro atoms. The van der Waals surface area contributed by atoms with Gasteiger partial charge in [-0.1, -0.05) is 24.6 Å². The van der Waals surface area contributed by atoms with E-state index in [0.29, 0.717) is 11.4 Å². The number of carbonyl (C=O) groups is 1. The first-order valence-corrected chi connectivity index (χ1v) is 12.3. The van der Waals surface area contributed by atoms with Gasteiger partial charge >= 0.3 is 0 Å². The summed E-state index contributed by atoms with van der Waals surface area (Å²) >= 11 is 0. The summed E-state index contributed by atoms with van der Waals surface area (Å²) in [6, 6.07) is 12.9. The smallest absolute Gasteiger partial charge is 0.237 e. The molecule has 2 aromatic carbocycles. The first-order valence-electron chi connectivity index (χ1n) is 10.4.